The van der Waals surface area contributed by atoms with Gasteiger partial charge in [0.1, 0.15) is 11.6 Å². The van der Waals surface area contributed by atoms with Crippen LogP contribution in [0.3, 0.4) is 0 Å². The summed E-state index contributed by atoms with van der Waals surface area (Å²) in [6, 6.07) is 16.7. The summed E-state index contributed by atoms with van der Waals surface area (Å²) < 4.78 is 27.0. The molecular weight excluding hydrogens is 400 g/mol. The monoisotopic (exact) mass is 423 g/mol. The number of carbonyl (C=O) groups excluding carboxylic acids is 2. The minimum Gasteiger partial charge on any atom is -0.367 e. The molecule has 1 unspecified atom stereocenters. The first kappa shape index (κ1) is 20.8. The van der Waals surface area contributed by atoms with E-state index in [0.717, 1.165) is 16.8 Å². The second kappa shape index (κ2) is 9.12. The van der Waals surface area contributed by atoms with Crippen molar-refractivity contribution in [3.8, 4) is 0 Å². The van der Waals surface area contributed by atoms with Gasteiger partial charge in [0.2, 0.25) is 5.91 Å². The summed E-state index contributed by atoms with van der Waals surface area (Å²) in [6.45, 7) is 1.25. The van der Waals surface area contributed by atoms with E-state index in [1.54, 1.807) is 11.0 Å². The number of carbonyl (C=O) groups is 2. The van der Waals surface area contributed by atoms with Crippen LogP contribution in [0.25, 0.3) is 10.8 Å². The van der Waals surface area contributed by atoms with Gasteiger partial charge >= 0.3 is 0 Å². The maximum atomic E-state index is 14.0. The van der Waals surface area contributed by atoms with E-state index in [-0.39, 0.29) is 30.8 Å². The molecule has 160 valence electrons. The zero-order valence-electron chi connectivity index (χ0n) is 16.9. The Bertz CT molecular complexity index is 1120. The Morgan fingerprint density at radius 2 is 1.81 bits per heavy atom. The summed E-state index contributed by atoms with van der Waals surface area (Å²) in [6.07, 6.45) is 0.826. The van der Waals surface area contributed by atoms with E-state index in [2.05, 4.69) is 10.6 Å². The standard InChI is InChI=1S/C24H23F2N3O2/c25-19-7-8-22(21(26)14-19)29-12-10-20(15-29)28-23(30)9-11-27-24(31)18-6-5-16-3-1-2-4-17(16)13-18/h1-8,13-14,20H,9-12,15H2,(H,27,31)(H,28,30). The zero-order chi connectivity index (χ0) is 21.8. The molecule has 0 saturated carbocycles. The van der Waals surface area contributed by atoms with E-state index in [9.17, 15) is 18.4 Å². The molecule has 7 heteroatoms. The molecule has 1 fully saturated rings. The molecule has 0 spiro atoms. The third-order valence-corrected chi connectivity index (χ3v) is 5.45. The number of benzene rings is 3. The molecule has 0 aliphatic carbocycles. The Labute approximate surface area is 179 Å². The molecule has 4 rings (SSSR count). The van der Waals surface area contributed by atoms with Gasteiger partial charge in [0.25, 0.3) is 5.91 Å². The number of rotatable bonds is 6. The summed E-state index contributed by atoms with van der Waals surface area (Å²) in [5.74, 6) is -1.62. The van der Waals surface area contributed by atoms with Gasteiger partial charge in [0.05, 0.1) is 5.69 Å². The van der Waals surface area contributed by atoms with E-state index < -0.39 is 11.6 Å². The Morgan fingerprint density at radius 1 is 1.00 bits per heavy atom. The molecule has 2 amide bonds. The van der Waals surface area contributed by atoms with Crippen LogP contribution in [0, 0.1) is 11.6 Å². The van der Waals surface area contributed by atoms with Gasteiger partial charge in [0.15, 0.2) is 0 Å². The van der Waals surface area contributed by atoms with E-state index >= 15 is 0 Å². The van der Waals surface area contributed by atoms with Gasteiger partial charge in [-0.2, -0.15) is 0 Å². The van der Waals surface area contributed by atoms with E-state index in [0.29, 0.717) is 30.8 Å². The molecular formula is C24H23F2N3O2. The van der Waals surface area contributed by atoms with Crippen molar-refractivity contribution in [2.45, 2.75) is 18.9 Å². The molecule has 31 heavy (non-hydrogen) atoms. The van der Waals surface area contributed by atoms with Crippen molar-refractivity contribution in [2.75, 3.05) is 24.5 Å². The molecule has 1 aliphatic heterocycles. The highest BCUT2D eigenvalue weighted by Crippen LogP contribution is 2.24. The first-order valence-electron chi connectivity index (χ1n) is 10.3. The van der Waals surface area contributed by atoms with Crippen molar-refractivity contribution in [2.24, 2.45) is 0 Å². The molecule has 0 aromatic heterocycles. The van der Waals surface area contributed by atoms with E-state index in [1.165, 1.54) is 12.1 Å². The van der Waals surface area contributed by atoms with Crippen LogP contribution in [-0.2, 0) is 4.79 Å². The van der Waals surface area contributed by atoms with Crippen LogP contribution < -0.4 is 15.5 Å². The number of halogens is 2. The number of fused-ring (bicyclic) bond motifs is 1. The molecule has 1 saturated heterocycles. The predicted octanol–water partition coefficient (Wildman–Crippen LogP) is 3.63. The van der Waals surface area contributed by atoms with Crippen molar-refractivity contribution in [1.29, 1.82) is 0 Å². The van der Waals surface area contributed by atoms with Crippen molar-refractivity contribution in [3.05, 3.63) is 77.9 Å². The minimum atomic E-state index is -0.615. The molecule has 0 radical (unpaired) electrons. The average molecular weight is 423 g/mol. The van der Waals surface area contributed by atoms with Crippen molar-refractivity contribution >= 4 is 28.3 Å². The molecule has 1 atom stereocenters. The molecule has 3 aromatic carbocycles. The first-order chi connectivity index (χ1) is 15.0. The Kier molecular flexibility index (Phi) is 6.11. The number of nitrogens with one attached hydrogen (secondary N) is 2. The largest absolute Gasteiger partial charge is 0.367 e. The van der Waals surface area contributed by atoms with Gasteiger partial charge in [-0.25, -0.2) is 8.78 Å². The van der Waals surface area contributed by atoms with Gasteiger partial charge in [-0.15, -0.1) is 0 Å². The summed E-state index contributed by atoms with van der Waals surface area (Å²) in [5, 5.41) is 7.73. The van der Waals surface area contributed by atoms with Crippen LogP contribution in [0.5, 0.6) is 0 Å². The third kappa shape index (κ3) is 4.99. The molecule has 1 aliphatic rings. The Morgan fingerprint density at radius 3 is 2.61 bits per heavy atom. The lowest BCUT2D eigenvalue weighted by Gasteiger charge is -2.19. The number of anilines is 1. The Balaban J connectivity index is 1.23. The third-order valence-electron chi connectivity index (χ3n) is 5.45. The van der Waals surface area contributed by atoms with Gasteiger partial charge < -0.3 is 15.5 Å². The quantitative estimate of drug-likeness (QED) is 0.637. The molecule has 1 heterocycles. The fourth-order valence-electron chi connectivity index (χ4n) is 3.86. The van der Waals surface area contributed by atoms with Crippen LogP contribution in [-0.4, -0.2) is 37.5 Å². The fraction of sp³-hybridized carbons (Fsp3) is 0.250. The summed E-state index contributed by atoms with van der Waals surface area (Å²) in [5.41, 5.74) is 0.882. The van der Waals surface area contributed by atoms with Gasteiger partial charge in [-0.3, -0.25) is 9.59 Å². The second-order valence-corrected chi connectivity index (χ2v) is 7.66. The smallest absolute Gasteiger partial charge is 0.251 e. The lowest BCUT2D eigenvalue weighted by molar-refractivity contribution is -0.121. The summed E-state index contributed by atoms with van der Waals surface area (Å²) >= 11 is 0. The van der Waals surface area contributed by atoms with Crippen molar-refractivity contribution < 1.29 is 18.4 Å². The van der Waals surface area contributed by atoms with Gasteiger partial charge in [-0.05, 0) is 41.5 Å². The fourth-order valence-corrected chi connectivity index (χ4v) is 3.86. The average Bonchev–Trinajstić information content (AvgIpc) is 3.21. The van der Waals surface area contributed by atoms with E-state index in [1.807, 2.05) is 36.4 Å². The van der Waals surface area contributed by atoms with Crippen molar-refractivity contribution in [3.63, 3.8) is 0 Å². The first-order valence-corrected chi connectivity index (χ1v) is 10.3. The lowest BCUT2D eigenvalue weighted by Crippen LogP contribution is -2.39. The molecule has 0 bridgehead atoms. The van der Waals surface area contributed by atoms with Gasteiger partial charge in [0, 0.05) is 43.7 Å². The predicted molar refractivity (Wildman–Crippen MR) is 116 cm³/mol. The van der Waals surface area contributed by atoms with Crippen LogP contribution in [0.2, 0.25) is 0 Å². The highest BCUT2D eigenvalue weighted by atomic mass is 19.1. The normalized spacial score (nSPS) is 15.8. The maximum Gasteiger partial charge on any atom is 0.251 e. The number of hydrogen-bond donors (Lipinski definition) is 2. The minimum absolute atomic E-state index is 0.117. The van der Waals surface area contributed by atoms with Gasteiger partial charge in [-0.1, -0.05) is 30.3 Å². The van der Waals surface area contributed by atoms with Crippen LogP contribution in [0.1, 0.15) is 23.2 Å². The molecule has 5 nitrogen and oxygen atoms in total. The Hall–Kier alpha value is -3.48. The van der Waals surface area contributed by atoms with Crippen LogP contribution in [0.15, 0.2) is 60.7 Å². The topological polar surface area (TPSA) is 61.4 Å². The van der Waals surface area contributed by atoms with E-state index in [4.69, 9.17) is 0 Å². The molecule has 3 aromatic rings. The van der Waals surface area contributed by atoms with Crippen LogP contribution >= 0.6 is 0 Å². The highest BCUT2D eigenvalue weighted by Gasteiger charge is 2.25. The number of nitrogens with zero attached hydrogens (tertiary/aromatic N) is 1. The van der Waals surface area contributed by atoms with Crippen LogP contribution in [0.4, 0.5) is 14.5 Å². The SMILES string of the molecule is O=C(CCNC(=O)c1ccc2ccccc2c1)NC1CCN(c2ccc(F)cc2F)C1. The van der Waals surface area contributed by atoms with Crippen molar-refractivity contribution in [1.82, 2.24) is 10.6 Å². The zero-order valence-corrected chi connectivity index (χ0v) is 16.9. The lowest BCUT2D eigenvalue weighted by atomic mass is 10.1. The highest BCUT2D eigenvalue weighted by molar-refractivity contribution is 5.98. The summed E-state index contributed by atoms with van der Waals surface area (Å²) in [4.78, 5) is 26.4. The number of amides is 2. The summed E-state index contributed by atoms with van der Waals surface area (Å²) in [7, 11) is 0. The second-order valence-electron chi connectivity index (χ2n) is 7.66. The maximum absolute atomic E-state index is 14.0. The number of hydrogen-bond acceptors (Lipinski definition) is 3. The molecule has 2 N–H and O–H groups in total.